The molecule has 0 N–H and O–H groups in total. The molecule has 1 fully saturated rings. The Bertz CT molecular complexity index is 1110. The third-order valence-electron chi connectivity index (χ3n) is 4.60. The molecular formula is C24H18ClNO2S2. The van der Waals surface area contributed by atoms with Gasteiger partial charge in [-0.3, -0.25) is 9.69 Å². The van der Waals surface area contributed by atoms with Crippen LogP contribution in [0.2, 0.25) is 5.02 Å². The van der Waals surface area contributed by atoms with Gasteiger partial charge in [0.15, 0.2) is 0 Å². The summed E-state index contributed by atoms with van der Waals surface area (Å²) in [6, 6.07) is 25.0. The Hall–Kier alpha value is -2.60. The smallest absolute Gasteiger partial charge is 0.266 e. The topological polar surface area (TPSA) is 29.5 Å². The molecule has 0 radical (unpaired) electrons. The molecule has 0 atom stereocenters. The molecular weight excluding hydrogens is 434 g/mol. The van der Waals surface area contributed by atoms with Crippen LogP contribution in [0.1, 0.15) is 16.7 Å². The fourth-order valence-corrected chi connectivity index (χ4v) is 4.48. The van der Waals surface area contributed by atoms with E-state index >= 15 is 0 Å². The van der Waals surface area contributed by atoms with Gasteiger partial charge in [0.05, 0.1) is 11.4 Å². The Morgan fingerprint density at radius 2 is 1.67 bits per heavy atom. The molecule has 6 heteroatoms. The Labute approximate surface area is 190 Å². The van der Waals surface area contributed by atoms with Gasteiger partial charge >= 0.3 is 0 Å². The summed E-state index contributed by atoms with van der Waals surface area (Å²) in [6.07, 6.45) is 1.84. The lowest BCUT2D eigenvalue weighted by atomic mass is 10.1. The molecule has 150 valence electrons. The van der Waals surface area contributed by atoms with Gasteiger partial charge in [0, 0.05) is 16.1 Å². The quantitative estimate of drug-likeness (QED) is 0.324. The van der Waals surface area contributed by atoms with Crippen LogP contribution in [0.3, 0.4) is 0 Å². The number of ether oxygens (including phenoxy) is 1. The van der Waals surface area contributed by atoms with Gasteiger partial charge in [0.2, 0.25) is 0 Å². The van der Waals surface area contributed by atoms with E-state index in [0.717, 1.165) is 16.7 Å². The molecule has 0 aromatic heterocycles. The fourth-order valence-electron chi connectivity index (χ4n) is 3.05. The van der Waals surface area contributed by atoms with E-state index in [0.29, 0.717) is 33.1 Å². The summed E-state index contributed by atoms with van der Waals surface area (Å²) >= 11 is 13.0. The molecule has 1 saturated heterocycles. The molecule has 0 bridgehead atoms. The number of carbonyl (C=O) groups is 1. The van der Waals surface area contributed by atoms with Crippen LogP contribution in [-0.2, 0) is 17.9 Å². The summed E-state index contributed by atoms with van der Waals surface area (Å²) in [4.78, 5) is 15.2. The predicted molar refractivity (Wildman–Crippen MR) is 127 cm³/mol. The van der Waals surface area contributed by atoms with Crippen LogP contribution >= 0.6 is 35.6 Å². The maximum atomic E-state index is 13.0. The molecule has 3 aromatic carbocycles. The predicted octanol–water partition coefficient (Wildman–Crippen LogP) is 6.32. The third kappa shape index (κ3) is 4.75. The molecule has 1 heterocycles. The summed E-state index contributed by atoms with van der Waals surface area (Å²) in [5.41, 5.74) is 2.77. The third-order valence-corrected chi connectivity index (χ3v) is 6.35. The molecule has 1 aliphatic heterocycles. The van der Waals surface area contributed by atoms with Crippen molar-refractivity contribution in [3.05, 3.63) is 105 Å². The first-order chi connectivity index (χ1) is 14.6. The van der Waals surface area contributed by atoms with Gasteiger partial charge in [-0.05, 0) is 23.8 Å². The maximum Gasteiger partial charge on any atom is 0.266 e. The van der Waals surface area contributed by atoms with E-state index in [-0.39, 0.29) is 5.91 Å². The zero-order chi connectivity index (χ0) is 20.9. The summed E-state index contributed by atoms with van der Waals surface area (Å²) in [6.45, 7) is 0.812. The number of thioether (sulfide) groups is 1. The van der Waals surface area contributed by atoms with E-state index in [4.69, 9.17) is 28.6 Å². The Kier molecular flexibility index (Phi) is 6.53. The number of amides is 1. The second kappa shape index (κ2) is 9.47. The van der Waals surface area contributed by atoms with Gasteiger partial charge in [-0.25, -0.2) is 0 Å². The van der Waals surface area contributed by atoms with Crippen LogP contribution < -0.4 is 4.74 Å². The van der Waals surface area contributed by atoms with Crippen LogP contribution in [0, 0.1) is 0 Å². The minimum absolute atomic E-state index is 0.0882. The average molecular weight is 452 g/mol. The summed E-state index contributed by atoms with van der Waals surface area (Å²) in [5, 5.41) is 0.664. The van der Waals surface area contributed by atoms with E-state index in [1.54, 1.807) is 4.90 Å². The number of halogens is 1. The number of thiocarbonyl (C=S) groups is 1. The highest BCUT2D eigenvalue weighted by atomic mass is 35.5. The number of hydrogen-bond donors (Lipinski definition) is 0. The van der Waals surface area contributed by atoms with E-state index in [1.807, 2.05) is 84.9 Å². The summed E-state index contributed by atoms with van der Waals surface area (Å²) < 4.78 is 6.56. The minimum Gasteiger partial charge on any atom is -0.488 e. The van der Waals surface area contributed by atoms with E-state index in [2.05, 4.69) is 0 Å². The molecule has 0 aliphatic carbocycles. The first-order valence-corrected chi connectivity index (χ1v) is 11.0. The minimum atomic E-state index is -0.0882. The van der Waals surface area contributed by atoms with Crippen molar-refractivity contribution in [1.82, 2.24) is 4.90 Å². The first-order valence-electron chi connectivity index (χ1n) is 9.36. The fraction of sp³-hybridized carbons (Fsp3) is 0.0833. The SMILES string of the molecule is O=C1C(=Cc2ccccc2OCc2ccccc2Cl)SC(=S)N1Cc1ccccc1. The van der Waals surface area contributed by atoms with E-state index < -0.39 is 0 Å². The number of hydrogen-bond acceptors (Lipinski definition) is 4. The van der Waals surface area contributed by atoms with E-state index in [1.165, 1.54) is 11.8 Å². The molecule has 3 nitrogen and oxygen atoms in total. The van der Waals surface area contributed by atoms with Crippen molar-refractivity contribution in [2.75, 3.05) is 0 Å². The molecule has 0 spiro atoms. The highest BCUT2D eigenvalue weighted by Crippen LogP contribution is 2.35. The maximum absolute atomic E-state index is 13.0. The second-order valence-electron chi connectivity index (χ2n) is 6.67. The van der Waals surface area contributed by atoms with Gasteiger partial charge in [0.1, 0.15) is 16.7 Å². The standard InChI is InChI=1S/C24H18ClNO2S2/c25-20-12-6-4-11-19(20)16-28-21-13-7-5-10-18(21)14-22-23(27)26(24(29)30-22)15-17-8-2-1-3-9-17/h1-14H,15-16H2. The Morgan fingerprint density at radius 3 is 2.47 bits per heavy atom. The zero-order valence-corrected chi connectivity index (χ0v) is 18.3. The second-order valence-corrected chi connectivity index (χ2v) is 8.75. The lowest BCUT2D eigenvalue weighted by molar-refractivity contribution is -0.122. The molecule has 0 saturated carbocycles. The lowest BCUT2D eigenvalue weighted by Crippen LogP contribution is -2.27. The zero-order valence-electron chi connectivity index (χ0n) is 16.0. The number of carbonyl (C=O) groups excluding carboxylic acids is 1. The molecule has 3 aromatic rings. The van der Waals surface area contributed by atoms with Crippen molar-refractivity contribution < 1.29 is 9.53 Å². The normalized spacial score (nSPS) is 15.1. The number of nitrogens with zero attached hydrogens (tertiary/aromatic N) is 1. The first kappa shape index (κ1) is 20.7. The van der Waals surface area contributed by atoms with Crippen LogP contribution in [0.5, 0.6) is 5.75 Å². The Morgan fingerprint density at radius 1 is 0.967 bits per heavy atom. The van der Waals surface area contributed by atoms with Crippen molar-refractivity contribution in [3.63, 3.8) is 0 Å². The molecule has 0 unspecified atom stereocenters. The molecule has 1 aliphatic rings. The number of benzene rings is 3. The van der Waals surface area contributed by atoms with Crippen LogP contribution in [0.15, 0.2) is 83.8 Å². The number of rotatable bonds is 6. The van der Waals surface area contributed by atoms with Crippen molar-refractivity contribution in [3.8, 4) is 5.75 Å². The van der Waals surface area contributed by atoms with Crippen molar-refractivity contribution in [1.29, 1.82) is 0 Å². The van der Waals surface area contributed by atoms with Crippen molar-refractivity contribution >= 4 is 51.9 Å². The monoisotopic (exact) mass is 451 g/mol. The molecule has 30 heavy (non-hydrogen) atoms. The van der Waals surface area contributed by atoms with Crippen molar-refractivity contribution in [2.24, 2.45) is 0 Å². The van der Waals surface area contributed by atoms with Gasteiger partial charge in [-0.1, -0.05) is 102 Å². The van der Waals surface area contributed by atoms with E-state index in [9.17, 15) is 4.79 Å². The van der Waals surface area contributed by atoms with Gasteiger partial charge < -0.3 is 4.74 Å². The Balaban J connectivity index is 1.53. The lowest BCUT2D eigenvalue weighted by Gasteiger charge is -2.14. The van der Waals surface area contributed by atoms with Crippen LogP contribution in [0.25, 0.3) is 6.08 Å². The van der Waals surface area contributed by atoms with Crippen LogP contribution in [0.4, 0.5) is 0 Å². The average Bonchev–Trinajstić information content (AvgIpc) is 3.02. The largest absolute Gasteiger partial charge is 0.488 e. The van der Waals surface area contributed by atoms with Gasteiger partial charge in [0.25, 0.3) is 5.91 Å². The summed E-state index contributed by atoms with van der Waals surface area (Å²) in [7, 11) is 0. The number of para-hydroxylation sites is 1. The molecule has 4 rings (SSSR count). The summed E-state index contributed by atoms with van der Waals surface area (Å²) in [5.74, 6) is 0.598. The van der Waals surface area contributed by atoms with Gasteiger partial charge in [-0.2, -0.15) is 0 Å². The highest BCUT2D eigenvalue weighted by molar-refractivity contribution is 8.26. The molecule has 1 amide bonds. The highest BCUT2D eigenvalue weighted by Gasteiger charge is 2.32. The van der Waals surface area contributed by atoms with Crippen molar-refractivity contribution in [2.45, 2.75) is 13.2 Å². The van der Waals surface area contributed by atoms with Crippen LogP contribution in [-0.4, -0.2) is 15.1 Å². The van der Waals surface area contributed by atoms with Gasteiger partial charge in [-0.15, -0.1) is 0 Å².